The van der Waals surface area contributed by atoms with Crippen LogP contribution in [-0.2, 0) is 4.74 Å². The molecule has 1 rings (SSSR count). The van der Waals surface area contributed by atoms with Gasteiger partial charge in [0, 0.05) is 12.8 Å². The molecule has 0 unspecified atom stereocenters. The molecule has 0 fully saturated rings. The Morgan fingerprint density at radius 1 is 1.25 bits per heavy atom. The van der Waals surface area contributed by atoms with Crippen LogP contribution in [0.25, 0.3) is 0 Å². The van der Waals surface area contributed by atoms with Gasteiger partial charge in [0.05, 0.1) is 12.4 Å². The lowest BCUT2D eigenvalue weighted by Gasteiger charge is -2.02. The van der Waals surface area contributed by atoms with Gasteiger partial charge in [-0.15, -0.1) is 0 Å². The smallest absolute Gasteiger partial charge is 0.0921 e. The average molecular weight is 168 g/mol. The molecule has 0 radical (unpaired) electrons. The Bertz CT molecular complexity index is 138. The summed E-state index contributed by atoms with van der Waals surface area (Å²) in [4.78, 5) is 0. The van der Waals surface area contributed by atoms with Gasteiger partial charge in [-0.05, 0) is 12.5 Å². The lowest BCUT2D eigenvalue weighted by Crippen LogP contribution is -1.86. The second-order valence-electron chi connectivity index (χ2n) is 3.47. The fourth-order valence-electron chi connectivity index (χ4n) is 1.55. The van der Waals surface area contributed by atoms with Crippen molar-refractivity contribution in [2.24, 2.45) is 0 Å². The van der Waals surface area contributed by atoms with Gasteiger partial charge in [0.25, 0.3) is 0 Å². The van der Waals surface area contributed by atoms with Crippen LogP contribution in [0.3, 0.4) is 0 Å². The molecule has 0 aliphatic carbocycles. The van der Waals surface area contributed by atoms with Crippen LogP contribution in [0.2, 0.25) is 0 Å². The summed E-state index contributed by atoms with van der Waals surface area (Å²) >= 11 is 0. The molecule has 0 aromatic rings. The summed E-state index contributed by atoms with van der Waals surface area (Å²) in [6, 6.07) is 0. The summed E-state index contributed by atoms with van der Waals surface area (Å²) in [6.45, 7) is 3.17. The van der Waals surface area contributed by atoms with E-state index < -0.39 is 0 Å². The highest BCUT2D eigenvalue weighted by Gasteiger charge is 2.03. The van der Waals surface area contributed by atoms with Crippen LogP contribution in [0, 0.1) is 0 Å². The van der Waals surface area contributed by atoms with Crippen LogP contribution in [-0.4, -0.2) is 6.61 Å². The van der Waals surface area contributed by atoms with Crippen LogP contribution >= 0.6 is 0 Å². The first-order chi connectivity index (χ1) is 5.93. The minimum atomic E-state index is 0.921. The third kappa shape index (κ3) is 3.80. The zero-order chi connectivity index (χ0) is 8.65. The van der Waals surface area contributed by atoms with Gasteiger partial charge in [0.2, 0.25) is 0 Å². The van der Waals surface area contributed by atoms with Crippen molar-refractivity contribution in [3.63, 3.8) is 0 Å². The number of ether oxygens (including phenoxy) is 1. The van der Waals surface area contributed by atoms with Crippen molar-refractivity contribution in [1.82, 2.24) is 0 Å². The summed E-state index contributed by atoms with van der Waals surface area (Å²) in [5.74, 6) is 1.24. The van der Waals surface area contributed by atoms with E-state index in [-0.39, 0.29) is 0 Å². The molecule has 12 heavy (non-hydrogen) atoms. The molecule has 70 valence electrons. The molecule has 0 N–H and O–H groups in total. The number of hydrogen-bond donors (Lipinski definition) is 0. The van der Waals surface area contributed by atoms with Crippen molar-refractivity contribution in [3.05, 3.63) is 11.8 Å². The van der Waals surface area contributed by atoms with E-state index in [0.717, 1.165) is 13.0 Å². The van der Waals surface area contributed by atoms with Crippen LogP contribution in [0.5, 0.6) is 0 Å². The maximum atomic E-state index is 5.42. The van der Waals surface area contributed by atoms with Gasteiger partial charge in [-0.2, -0.15) is 0 Å². The van der Waals surface area contributed by atoms with E-state index in [4.69, 9.17) is 4.74 Å². The fraction of sp³-hybridized carbons (Fsp3) is 0.818. The number of hydrogen-bond acceptors (Lipinski definition) is 1. The molecule has 0 saturated carbocycles. The average Bonchev–Trinajstić information content (AvgIpc) is 2.57. The largest absolute Gasteiger partial charge is 0.498 e. The van der Waals surface area contributed by atoms with Gasteiger partial charge in [-0.3, -0.25) is 0 Å². The van der Waals surface area contributed by atoms with Gasteiger partial charge < -0.3 is 4.74 Å². The first-order valence-corrected chi connectivity index (χ1v) is 5.25. The highest BCUT2D eigenvalue weighted by atomic mass is 16.5. The summed E-state index contributed by atoms with van der Waals surface area (Å²) in [6.07, 6.45) is 11.3. The predicted octanol–water partition coefficient (Wildman–Crippen LogP) is 3.65. The van der Waals surface area contributed by atoms with E-state index in [1.54, 1.807) is 0 Å². The first-order valence-electron chi connectivity index (χ1n) is 5.25. The lowest BCUT2D eigenvalue weighted by atomic mass is 10.1. The van der Waals surface area contributed by atoms with Crippen molar-refractivity contribution in [1.29, 1.82) is 0 Å². The quantitative estimate of drug-likeness (QED) is 0.550. The minimum absolute atomic E-state index is 0.921. The molecular formula is C11H20O. The molecule has 1 heteroatoms. The summed E-state index contributed by atoms with van der Waals surface area (Å²) in [7, 11) is 0. The standard InChI is InChI=1S/C11H20O/c1-2-3-4-5-6-8-11-9-7-10-12-11/h9H,2-8,10H2,1H3. The molecule has 0 spiro atoms. The van der Waals surface area contributed by atoms with Crippen molar-refractivity contribution >= 4 is 0 Å². The summed E-state index contributed by atoms with van der Waals surface area (Å²) < 4.78 is 5.42. The number of allylic oxidation sites excluding steroid dienone is 1. The molecule has 1 heterocycles. The summed E-state index contributed by atoms with van der Waals surface area (Å²) in [5, 5.41) is 0. The molecule has 0 aromatic heterocycles. The SMILES string of the molecule is CCCCCCCC1=CCCO1. The van der Waals surface area contributed by atoms with E-state index >= 15 is 0 Å². The molecular weight excluding hydrogens is 148 g/mol. The molecule has 0 aromatic carbocycles. The third-order valence-corrected chi connectivity index (χ3v) is 2.30. The zero-order valence-electron chi connectivity index (χ0n) is 8.14. The Balaban J connectivity index is 1.88. The fourth-order valence-corrected chi connectivity index (χ4v) is 1.55. The van der Waals surface area contributed by atoms with E-state index in [9.17, 15) is 0 Å². The van der Waals surface area contributed by atoms with E-state index in [0.29, 0.717) is 0 Å². The number of rotatable bonds is 6. The van der Waals surface area contributed by atoms with E-state index in [1.165, 1.54) is 44.3 Å². The maximum Gasteiger partial charge on any atom is 0.0921 e. The monoisotopic (exact) mass is 168 g/mol. The second kappa shape index (κ2) is 6.10. The maximum absolute atomic E-state index is 5.42. The van der Waals surface area contributed by atoms with Gasteiger partial charge in [0.15, 0.2) is 0 Å². The Labute approximate surface area is 75.8 Å². The zero-order valence-corrected chi connectivity index (χ0v) is 8.14. The van der Waals surface area contributed by atoms with Crippen LogP contribution in [0.1, 0.15) is 51.9 Å². The number of unbranched alkanes of at least 4 members (excludes halogenated alkanes) is 4. The minimum Gasteiger partial charge on any atom is -0.498 e. The lowest BCUT2D eigenvalue weighted by molar-refractivity contribution is 0.232. The second-order valence-corrected chi connectivity index (χ2v) is 3.47. The van der Waals surface area contributed by atoms with E-state index in [2.05, 4.69) is 13.0 Å². The van der Waals surface area contributed by atoms with Crippen molar-refractivity contribution in [2.45, 2.75) is 51.9 Å². The Hall–Kier alpha value is -0.460. The Morgan fingerprint density at radius 2 is 2.08 bits per heavy atom. The van der Waals surface area contributed by atoms with Crippen LogP contribution in [0.4, 0.5) is 0 Å². The Kier molecular flexibility index (Phi) is 4.89. The summed E-state index contributed by atoms with van der Waals surface area (Å²) in [5.41, 5.74) is 0. The molecule has 0 amide bonds. The first kappa shape index (κ1) is 9.63. The van der Waals surface area contributed by atoms with Crippen molar-refractivity contribution in [3.8, 4) is 0 Å². The third-order valence-electron chi connectivity index (χ3n) is 2.30. The molecule has 0 saturated heterocycles. The molecule has 0 bridgehead atoms. The highest BCUT2D eigenvalue weighted by molar-refractivity contribution is 4.97. The molecule has 1 aliphatic rings. The van der Waals surface area contributed by atoms with Crippen molar-refractivity contribution in [2.75, 3.05) is 6.61 Å². The van der Waals surface area contributed by atoms with E-state index in [1.807, 2.05) is 0 Å². The predicted molar refractivity (Wildman–Crippen MR) is 52.0 cm³/mol. The van der Waals surface area contributed by atoms with Gasteiger partial charge in [-0.1, -0.05) is 32.6 Å². The van der Waals surface area contributed by atoms with Crippen molar-refractivity contribution < 1.29 is 4.74 Å². The van der Waals surface area contributed by atoms with Crippen LogP contribution < -0.4 is 0 Å². The van der Waals surface area contributed by atoms with Gasteiger partial charge >= 0.3 is 0 Å². The van der Waals surface area contributed by atoms with Crippen LogP contribution in [0.15, 0.2) is 11.8 Å². The molecule has 0 atom stereocenters. The molecule has 1 aliphatic heterocycles. The normalized spacial score (nSPS) is 15.9. The Morgan fingerprint density at radius 3 is 2.75 bits per heavy atom. The van der Waals surface area contributed by atoms with Gasteiger partial charge in [0.1, 0.15) is 0 Å². The van der Waals surface area contributed by atoms with Gasteiger partial charge in [-0.25, -0.2) is 0 Å². The highest BCUT2D eigenvalue weighted by Crippen LogP contribution is 2.16. The molecule has 1 nitrogen and oxygen atoms in total. The topological polar surface area (TPSA) is 9.23 Å².